The number of halogens is 1. The number of hydrogen-bond acceptors (Lipinski definition) is 8. The van der Waals surface area contributed by atoms with Gasteiger partial charge in [-0.15, -0.1) is 11.3 Å². The summed E-state index contributed by atoms with van der Waals surface area (Å²) in [6.45, 7) is 7.49. The van der Waals surface area contributed by atoms with Crippen LogP contribution in [-0.2, 0) is 0 Å². The Bertz CT molecular complexity index is 1320. The van der Waals surface area contributed by atoms with Crippen molar-refractivity contribution in [2.45, 2.75) is 19.9 Å². The fourth-order valence-electron chi connectivity index (χ4n) is 3.97. The van der Waals surface area contributed by atoms with Crippen molar-refractivity contribution >= 4 is 39.2 Å². The fourth-order valence-corrected chi connectivity index (χ4v) is 4.68. The van der Waals surface area contributed by atoms with Crippen molar-refractivity contribution in [3.8, 4) is 11.3 Å². The van der Waals surface area contributed by atoms with E-state index in [0.717, 1.165) is 29.5 Å². The molecule has 0 aliphatic carbocycles. The minimum Gasteiger partial charge on any atom is -0.336 e. The van der Waals surface area contributed by atoms with Crippen molar-refractivity contribution in [2.75, 3.05) is 31.5 Å². The van der Waals surface area contributed by atoms with Crippen LogP contribution in [0.2, 0.25) is 0 Å². The first-order valence-corrected chi connectivity index (χ1v) is 12.0. The number of nitrogens with zero attached hydrogens (tertiary/aromatic N) is 6. The van der Waals surface area contributed by atoms with Gasteiger partial charge < -0.3 is 10.2 Å². The van der Waals surface area contributed by atoms with E-state index in [1.165, 1.54) is 11.3 Å². The molecule has 1 amide bonds. The number of amides is 1. The fraction of sp³-hybridized carbons (Fsp3) is 0.292. The number of pyridine rings is 1. The van der Waals surface area contributed by atoms with Crippen LogP contribution in [0.1, 0.15) is 24.2 Å². The topological polar surface area (TPSA) is 87.1 Å². The molecule has 0 radical (unpaired) electrons. The third-order valence-corrected chi connectivity index (χ3v) is 6.72. The molecular formula is C24H24FN7OS. The maximum Gasteiger partial charge on any atom is 0.255 e. The molecule has 5 rings (SSSR count). The van der Waals surface area contributed by atoms with Crippen LogP contribution in [0.4, 0.5) is 16.2 Å². The summed E-state index contributed by atoms with van der Waals surface area (Å²) in [4.78, 5) is 34.0. The second-order valence-electron chi connectivity index (χ2n) is 8.40. The number of thiazole rings is 1. The number of carbonyl (C=O) groups is 1. The Balaban J connectivity index is 1.29. The van der Waals surface area contributed by atoms with Crippen LogP contribution in [0.3, 0.4) is 0 Å². The predicted molar refractivity (Wildman–Crippen MR) is 131 cm³/mol. The summed E-state index contributed by atoms with van der Waals surface area (Å²) < 4.78 is 15.4. The van der Waals surface area contributed by atoms with Gasteiger partial charge in [0.2, 0.25) is 5.95 Å². The molecule has 1 aromatic carbocycles. The van der Waals surface area contributed by atoms with Gasteiger partial charge in [-0.05, 0) is 38.1 Å². The van der Waals surface area contributed by atoms with Gasteiger partial charge in [0, 0.05) is 44.0 Å². The Morgan fingerprint density at radius 1 is 1.06 bits per heavy atom. The minimum absolute atomic E-state index is 0.0266. The lowest BCUT2D eigenvalue weighted by Gasteiger charge is -2.36. The van der Waals surface area contributed by atoms with Crippen molar-refractivity contribution in [1.29, 1.82) is 0 Å². The molecular weight excluding hydrogens is 453 g/mol. The number of fused-ring (bicyclic) bond motifs is 1. The van der Waals surface area contributed by atoms with Crippen LogP contribution in [0.5, 0.6) is 0 Å². The molecule has 4 heterocycles. The highest BCUT2D eigenvalue weighted by Gasteiger charge is 2.23. The van der Waals surface area contributed by atoms with Gasteiger partial charge in [0.15, 0.2) is 5.82 Å². The third kappa shape index (κ3) is 4.59. The molecule has 1 aliphatic heterocycles. The molecule has 174 valence electrons. The summed E-state index contributed by atoms with van der Waals surface area (Å²) in [6.07, 6.45) is 2.68. The van der Waals surface area contributed by atoms with Crippen molar-refractivity contribution in [1.82, 2.24) is 29.7 Å². The lowest BCUT2D eigenvalue weighted by atomic mass is 10.1. The largest absolute Gasteiger partial charge is 0.336 e. The van der Waals surface area contributed by atoms with E-state index in [-0.39, 0.29) is 17.5 Å². The first kappa shape index (κ1) is 22.3. The average Bonchev–Trinajstić information content (AvgIpc) is 3.33. The van der Waals surface area contributed by atoms with Crippen LogP contribution in [-0.4, -0.2) is 67.9 Å². The summed E-state index contributed by atoms with van der Waals surface area (Å²) in [5.41, 5.74) is 3.99. The van der Waals surface area contributed by atoms with E-state index in [9.17, 15) is 9.18 Å². The summed E-state index contributed by atoms with van der Waals surface area (Å²) in [7, 11) is 0. The van der Waals surface area contributed by atoms with E-state index in [0.29, 0.717) is 36.1 Å². The molecule has 0 spiro atoms. The second-order valence-corrected chi connectivity index (χ2v) is 9.29. The standard InChI is InChI=1S/C24H24FN7OS/c1-15(2)31-7-9-32(10-8-31)23(33)17-4-6-21(26-12-17)29-24-27-13-18(25)22(30-24)16-3-5-19-20(11-16)34-14-28-19/h3-6,11-15H,7-10H2,1-2H3,(H,26,27,29,30). The van der Waals surface area contributed by atoms with Crippen LogP contribution in [0, 0.1) is 5.82 Å². The molecule has 3 aromatic heterocycles. The molecule has 1 aliphatic rings. The number of piperazine rings is 1. The lowest BCUT2D eigenvalue weighted by molar-refractivity contribution is 0.0595. The van der Waals surface area contributed by atoms with E-state index in [2.05, 4.69) is 44.0 Å². The number of benzene rings is 1. The molecule has 1 saturated heterocycles. The zero-order valence-corrected chi connectivity index (χ0v) is 19.7. The van der Waals surface area contributed by atoms with E-state index in [1.54, 1.807) is 29.9 Å². The van der Waals surface area contributed by atoms with Crippen molar-refractivity contribution in [3.05, 3.63) is 59.6 Å². The van der Waals surface area contributed by atoms with E-state index >= 15 is 0 Å². The maximum absolute atomic E-state index is 14.5. The van der Waals surface area contributed by atoms with Gasteiger partial charge in [-0.3, -0.25) is 9.69 Å². The van der Waals surface area contributed by atoms with Crippen molar-refractivity contribution < 1.29 is 9.18 Å². The number of carbonyl (C=O) groups excluding carboxylic acids is 1. The number of anilines is 2. The predicted octanol–water partition coefficient (Wildman–Crippen LogP) is 4.20. The number of nitrogens with one attached hydrogen (secondary N) is 1. The SMILES string of the molecule is CC(C)N1CCN(C(=O)c2ccc(Nc3ncc(F)c(-c4ccc5ncsc5c4)n3)nc2)CC1. The Morgan fingerprint density at radius 3 is 2.62 bits per heavy atom. The van der Waals surface area contributed by atoms with E-state index < -0.39 is 5.82 Å². The van der Waals surface area contributed by atoms with Gasteiger partial charge >= 0.3 is 0 Å². The molecule has 1 N–H and O–H groups in total. The van der Waals surface area contributed by atoms with Crippen LogP contribution < -0.4 is 5.32 Å². The average molecular weight is 478 g/mol. The zero-order chi connectivity index (χ0) is 23.7. The van der Waals surface area contributed by atoms with Gasteiger partial charge in [-0.25, -0.2) is 24.3 Å². The van der Waals surface area contributed by atoms with Crippen molar-refractivity contribution in [3.63, 3.8) is 0 Å². The number of rotatable bonds is 5. The molecule has 0 atom stereocenters. The summed E-state index contributed by atoms with van der Waals surface area (Å²) >= 11 is 1.49. The number of aromatic nitrogens is 4. The highest BCUT2D eigenvalue weighted by Crippen LogP contribution is 2.27. The molecule has 8 nitrogen and oxygen atoms in total. The van der Waals surface area contributed by atoms with Crippen LogP contribution >= 0.6 is 11.3 Å². The smallest absolute Gasteiger partial charge is 0.255 e. The van der Waals surface area contributed by atoms with Gasteiger partial charge in [0.1, 0.15) is 11.5 Å². The van der Waals surface area contributed by atoms with Crippen molar-refractivity contribution in [2.24, 2.45) is 0 Å². The summed E-state index contributed by atoms with van der Waals surface area (Å²) in [5, 5.41) is 3.00. The molecule has 4 aromatic rings. The quantitative estimate of drug-likeness (QED) is 0.461. The Hall–Kier alpha value is -3.50. The van der Waals surface area contributed by atoms with E-state index in [1.807, 2.05) is 17.0 Å². The molecule has 1 fully saturated rings. The zero-order valence-electron chi connectivity index (χ0n) is 18.9. The maximum atomic E-state index is 14.5. The molecule has 0 saturated carbocycles. The number of hydrogen-bond donors (Lipinski definition) is 1. The monoisotopic (exact) mass is 477 g/mol. The summed E-state index contributed by atoms with van der Waals surface area (Å²) in [5.74, 6) is 0.149. The van der Waals surface area contributed by atoms with Gasteiger partial charge in [-0.2, -0.15) is 0 Å². The third-order valence-electron chi connectivity index (χ3n) is 5.93. The minimum atomic E-state index is -0.513. The van der Waals surface area contributed by atoms with Gasteiger partial charge in [-0.1, -0.05) is 6.07 Å². The van der Waals surface area contributed by atoms with Gasteiger partial charge in [0.25, 0.3) is 5.91 Å². The first-order valence-electron chi connectivity index (χ1n) is 11.1. The highest BCUT2D eigenvalue weighted by molar-refractivity contribution is 7.16. The Kier molecular flexibility index (Phi) is 6.16. The second kappa shape index (κ2) is 9.40. The van der Waals surface area contributed by atoms with E-state index in [4.69, 9.17) is 0 Å². The van der Waals surface area contributed by atoms with Crippen LogP contribution in [0.25, 0.3) is 21.5 Å². The van der Waals surface area contributed by atoms with Gasteiger partial charge in [0.05, 0.1) is 27.5 Å². The molecule has 0 bridgehead atoms. The molecule has 0 unspecified atom stereocenters. The molecule has 34 heavy (non-hydrogen) atoms. The first-order chi connectivity index (χ1) is 16.5. The molecule has 10 heteroatoms. The highest BCUT2D eigenvalue weighted by atomic mass is 32.1. The Morgan fingerprint density at radius 2 is 1.88 bits per heavy atom. The Labute approximate surface area is 200 Å². The summed E-state index contributed by atoms with van der Waals surface area (Å²) in [6, 6.07) is 9.41. The normalized spacial score (nSPS) is 14.6. The lowest BCUT2D eigenvalue weighted by Crippen LogP contribution is -2.50. The van der Waals surface area contributed by atoms with Crippen LogP contribution in [0.15, 0.2) is 48.2 Å².